The molecule has 0 aromatic heterocycles. The van der Waals surface area contributed by atoms with Crippen LogP contribution in [0.15, 0.2) is 85.1 Å². The first-order chi connectivity index (χ1) is 35.4. The van der Waals surface area contributed by atoms with Crippen molar-refractivity contribution < 1.29 is 37.3 Å². The van der Waals surface area contributed by atoms with Gasteiger partial charge >= 0.3 is 5.97 Å². The van der Waals surface area contributed by atoms with E-state index in [1.807, 2.05) is 33.3 Å². The average molecular weight is 1040 g/mol. The maximum atomic E-state index is 13.5. The summed E-state index contributed by atoms with van der Waals surface area (Å²) in [5.41, 5.74) is 0. The van der Waals surface area contributed by atoms with E-state index in [1.165, 1.54) is 96.3 Å². The highest BCUT2D eigenvalue weighted by Gasteiger charge is 2.27. The summed E-state index contributed by atoms with van der Waals surface area (Å²) >= 11 is 0. The first kappa shape index (κ1) is 70.2. The molecular formula is C63H113N2O7P. The number of phosphoric acid groups is 1. The summed E-state index contributed by atoms with van der Waals surface area (Å²) in [6, 6.07) is -0.908. The third-order valence-electron chi connectivity index (χ3n) is 12.8. The van der Waals surface area contributed by atoms with Gasteiger partial charge in [-0.1, -0.05) is 222 Å². The van der Waals surface area contributed by atoms with Crippen LogP contribution in [0.5, 0.6) is 0 Å². The second kappa shape index (κ2) is 52.6. The highest BCUT2D eigenvalue weighted by molar-refractivity contribution is 7.45. The van der Waals surface area contributed by atoms with Crippen LogP contribution in [0.2, 0.25) is 0 Å². The van der Waals surface area contributed by atoms with Crippen LogP contribution in [-0.4, -0.2) is 69.4 Å². The van der Waals surface area contributed by atoms with Gasteiger partial charge in [-0.05, 0) is 102 Å². The fraction of sp³-hybridized carbons (Fsp3) is 0.746. The summed E-state index contributed by atoms with van der Waals surface area (Å²) < 4.78 is 30.2. The molecule has 0 saturated heterocycles. The second-order valence-corrected chi connectivity index (χ2v) is 22.5. The van der Waals surface area contributed by atoms with Gasteiger partial charge in [0.1, 0.15) is 19.3 Å². The molecule has 3 unspecified atom stereocenters. The largest absolute Gasteiger partial charge is 0.756 e. The number of unbranched alkanes of at least 4 members (excludes halogenated alkanes) is 25. The molecule has 0 radical (unpaired) electrons. The molecule has 73 heavy (non-hydrogen) atoms. The normalized spacial score (nSPS) is 14.3. The van der Waals surface area contributed by atoms with Gasteiger partial charge in [0, 0.05) is 12.8 Å². The molecule has 0 fully saturated rings. The van der Waals surface area contributed by atoms with E-state index in [1.54, 1.807) is 0 Å². The number of amides is 1. The number of quaternary nitrogens is 1. The summed E-state index contributed by atoms with van der Waals surface area (Å²) in [5, 5.41) is 3.01. The summed E-state index contributed by atoms with van der Waals surface area (Å²) in [4.78, 5) is 39.9. The molecule has 422 valence electrons. The Balaban J connectivity index is 5.35. The van der Waals surface area contributed by atoms with Crippen LogP contribution in [0.4, 0.5) is 0 Å². The number of esters is 1. The van der Waals surface area contributed by atoms with Gasteiger partial charge in [-0.3, -0.25) is 14.2 Å². The minimum Gasteiger partial charge on any atom is -0.756 e. The zero-order valence-corrected chi connectivity index (χ0v) is 49.0. The van der Waals surface area contributed by atoms with Crippen molar-refractivity contribution in [3.05, 3.63) is 85.1 Å². The highest BCUT2D eigenvalue weighted by Crippen LogP contribution is 2.38. The van der Waals surface area contributed by atoms with Gasteiger partial charge in [0.05, 0.1) is 33.8 Å². The minimum atomic E-state index is -4.71. The fourth-order valence-corrected chi connectivity index (χ4v) is 8.91. The number of phosphoric ester groups is 1. The lowest BCUT2D eigenvalue weighted by molar-refractivity contribution is -0.870. The molecular weight excluding hydrogens is 928 g/mol. The molecule has 0 aliphatic rings. The van der Waals surface area contributed by atoms with E-state index in [2.05, 4.69) is 99.0 Å². The predicted octanol–water partition coefficient (Wildman–Crippen LogP) is 17.6. The van der Waals surface area contributed by atoms with Crippen molar-refractivity contribution >= 4 is 19.7 Å². The SMILES string of the molecule is CC/C=C\C/C=C\C/C=C\C/C=C\C/C=C\CCCCCCCC(=O)NC(COP(=O)([O-])OCC[N+](C)(C)C)C(/C=C\CCCCCCCCCCCCC)OC(=O)CCCCC/C=C\CCCCCCCC. The molecule has 9 nitrogen and oxygen atoms in total. The Bertz CT molecular complexity index is 1530. The smallest absolute Gasteiger partial charge is 0.306 e. The number of hydrogen-bond donors (Lipinski definition) is 1. The van der Waals surface area contributed by atoms with Gasteiger partial charge in [0.2, 0.25) is 5.91 Å². The number of nitrogens with one attached hydrogen (secondary N) is 1. The summed E-state index contributed by atoms with van der Waals surface area (Å²) in [6.45, 7) is 6.69. The third kappa shape index (κ3) is 53.8. The Labute approximate surface area is 450 Å². The van der Waals surface area contributed by atoms with Crippen LogP contribution in [0, 0.1) is 0 Å². The Morgan fingerprint density at radius 3 is 1.34 bits per heavy atom. The molecule has 3 atom stereocenters. The second-order valence-electron chi connectivity index (χ2n) is 21.1. The maximum absolute atomic E-state index is 13.5. The van der Waals surface area contributed by atoms with Crippen LogP contribution in [0.3, 0.4) is 0 Å². The van der Waals surface area contributed by atoms with Crippen molar-refractivity contribution in [2.75, 3.05) is 40.9 Å². The molecule has 0 aromatic carbocycles. The Morgan fingerprint density at radius 2 is 0.877 bits per heavy atom. The lowest BCUT2D eigenvalue weighted by atomic mass is 10.0. The number of carbonyl (C=O) groups is 2. The lowest BCUT2D eigenvalue weighted by Gasteiger charge is -2.30. The molecule has 0 aliphatic carbocycles. The highest BCUT2D eigenvalue weighted by atomic mass is 31.2. The molecule has 10 heteroatoms. The number of hydrogen-bond acceptors (Lipinski definition) is 7. The van der Waals surface area contributed by atoms with Gasteiger partial charge in [-0.25, -0.2) is 0 Å². The lowest BCUT2D eigenvalue weighted by Crippen LogP contribution is -2.47. The van der Waals surface area contributed by atoms with Crippen molar-refractivity contribution in [2.45, 2.75) is 264 Å². The van der Waals surface area contributed by atoms with Crippen LogP contribution in [0.1, 0.15) is 252 Å². The molecule has 0 bridgehead atoms. The van der Waals surface area contributed by atoms with E-state index >= 15 is 0 Å². The topological polar surface area (TPSA) is 114 Å². The Hall–Kier alpha value is -2.81. The number of carbonyl (C=O) groups excluding carboxylic acids is 2. The van der Waals surface area contributed by atoms with Crippen LogP contribution in [0.25, 0.3) is 0 Å². The van der Waals surface area contributed by atoms with Crippen LogP contribution < -0.4 is 10.2 Å². The first-order valence-electron chi connectivity index (χ1n) is 29.9. The fourth-order valence-electron chi connectivity index (χ4n) is 8.19. The van der Waals surface area contributed by atoms with Gasteiger partial charge in [0.25, 0.3) is 7.82 Å². The van der Waals surface area contributed by atoms with Crippen LogP contribution >= 0.6 is 7.82 Å². The van der Waals surface area contributed by atoms with Crippen molar-refractivity contribution in [2.24, 2.45) is 0 Å². The third-order valence-corrected chi connectivity index (χ3v) is 13.8. The molecule has 1 N–H and O–H groups in total. The zero-order valence-electron chi connectivity index (χ0n) is 48.1. The number of ether oxygens (including phenoxy) is 1. The number of likely N-dealkylation sites (N-methyl/N-ethyl adjacent to an activating group) is 1. The van der Waals surface area contributed by atoms with E-state index in [-0.39, 0.29) is 31.3 Å². The average Bonchev–Trinajstić information content (AvgIpc) is 3.35. The monoisotopic (exact) mass is 1040 g/mol. The summed E-state index contributed by atoms with van der Waals surface area (Å²) in [6.07, 6.45) is 68.3. The standard InChI is InChI=1S/C63H113N2O7P/c1-7-10-13-16-19-22-25-28-29-30-31-32-33-34-35-38-40-43-46-49-52-55-62(66)64-60(59-71-73(68,69)70-58-57-65(4,5)6)61(54-51-48-45-42-39-36-26-23-20-17-14-11-8-2)72-63(67)56-53-50-47-44-41-37-27-24-21-18-15-12-9-3/h10,13,19,22,28-29,31-32,34-35,37,41,51,54,60-61H,7-9,11-12,14-18,20-21,23-27,30,33,36,38-40,42-50,52-53,55-59H2,1-6H3,(H-,64,66,68,69)/b13-10-,22-19-,29-28-,32-31-,35-34-,41-37-,54-51-. The zero-order chi connectivity index (χ0) is 53.6. The molecule has 1 amide bonds. The van der Waals surface area contributed by atoms with Gasteiger partial charge in [-0.15, -0.1) is 0 Å². The van der Waals surface area contributed by atoms with E-state index in [0.717, 1.165) is 109 Å². The van der Waals surface area contributed by atoms with Gasteiger partial charge in [0.15, 0.2) is 0 Å². The van der Waals surface area contributed by atoms with Crippen molar-refractivity contribution in [3.8, 4) is 0 Å². The van der Waals surface area contributed by atoms with E-state index in [4.69, 9.17) is 13.8 Å². The molecule has 0 heterocycles. The number of nitrogens with zero attached hydrogens (tertiary/aromatic N) is 1. The minimum absolute atomic E-state index is 0.0319. The maximum Gasteiger partial charge on any atom is 0.306 e. The first-order valence-corrected chi connectivity index (χ1v) is 31.4. The van der Waals surface area contributed by atoms with Gasteiger partial charge < -0.3 is 28.5 Å². The number of allylic oxidation sites excluding steroid dienone is 13. The predicted molar refractivity (Wildman–Crippen MR) is 311 cm³/mol. The van der Waals surface area contributed by atoms with Crippen molar-refractivity contribution in [3.63, 3.8) is 0 Å². The quantitative estimate of drug-likeness (QED) is 0.0212. The molecule has 0 spiro atoms. The molecule has 0 saturated carbocycles. The van der Waals surface area contributed by atoms with E-state index in [9.17, 15) is 19.0 Å². The van der Waals surface area contributed by atoms with Crippen LogP contribution in [-0.2, 0) is 27.9 Å². The Morgan fingerprint density at radius 1 is 0.493 bits per heavy atom. The van der Waals surface area contributed by atoms with Crippen molar-refractivity contribution in [1.82, 2.24) is 5.32 Å². The molecule has 0 aromatic rings. The van der Waals surface area contributed by atoms with Crippen molar-refractivity contribution in [1.29, 1.82) is 0 Å². The van der Waals surface area contributed by atoms with E-state index in [0.29, 0.717) is 23.9 Å². The summed E-state index contributed by atoms with van der Waals surface area (Å²) in [5.74, 6) is -0.584. The Kier molecular flexibility index (Phi) is 50.6. The molecule has 0 rings (SSSR count). The number of rotatable bonds is 53. The van der Waals surface area contributed by atoms with Gasteiger partial charge in [-0.2, -0.15) is 0 Å². The van der Waals surface area contributed by atoms with E-state index < -0.39 is 26.6 Å². The molecule has 0 aliphatic heterocycles. The summed E-state index contributed by atoms with van der Waals surface area (Å²) in [7, 11) is 1.15.